The molecule has 3 heterocycles. The summed E-state index contributed by atoms with van der Waals surface area (Å²) in [5.41, 5.74) is 5.34. The molecule has 146 valence electrons. The molecule has 0 radical (unpaired) electrons. The number of para-hydroxylation sites is 4. The third-order valence-corrected chi connectivity index (χ3v) is 6.79. The van der Waals surface area contributed by atoms with E-state index >= 15 is 0 Å². The number of unbranched alkanes of at least 4 members (excludes halogenated alkanes) is 2. The molecule has 29 heavy (non-hydrogen) atoms. The molecule has 2 aromatic carbocycles. The molecule has 5 rings (SSSR count). The summed E-state index contributed by atoms with van der Waals surface area (Å²) in [7, 11) is 0. The highest BCUT2D eigenvalue weighted by atomic mass is 32.1. The van der Waals surface area contributed by atoms with Gasteiger partial charge in [-0.05, 0) is 65.6 Å². The van der Waals surface area contributed by atoms with Crippen LogP contribution >= 0.6 is 22.7 Å². The Morgan fingerprint density at radius 2 is 1.28 bits per heavy atom. The molecule has 0 aliphatic rings. The molecule has 0 amide bonds. The second kappa shape index (κ2) is 9.77. The van der Waals surface area contributed by atoms with E-state index in [9.17, 15) is 0 Å². The Hall–Kier alpha value is -2.56. The molecule has 0 saturated carbocycles. The molecule has 0 spiro atoms. The van der Waals surface area contributed by atoms with Gasteiger partial charge in [0.15, 0.2) is 0 Å². The van der Waals surface area contributed by atoms with Crippen molar-refractivity contribution in [1.29, 1.82) is 0 Å². The van der Waals surface area contributed by atoms with Crippen LogP contribution in [0.3, 0.4) is 0 Å². The van der Waals surface area contributed by atoms with E-state index in [1.54, 1.807) is 0 Å². The number of thiophene rings is 2. The van der Waals surface area contributed by atoms with Gasteiger partial charge in [0, 0.05) is 9.75 Å². The van der Waals surface area contributed by atoms with E-state index in [4.69, 9.17) is 0 Å². The van der Waals surface area contributed by atoms with E-state index in [2.05, 4.69) is 45.9 Å². The average molecular weight is 417 g/mol. The SMILES string of the molecule is CCCCCc1ccsc1-c1cccs1.c1ccc2nc3ccccc3nc2c1. The maximum atomic E-state index is 4.52. The first-order valence-corrected chi connectivity index (χ1v) is 11.8. The highest BCUT2D eigenvalue weighted by molar-refractivity contribution is 7.20. The summed E-state index contributed by atoms with van der Waals surface area (Å²) in [5.74, 6) is 0. The standard InChI is InChI=1S/C13H16S2.C12H8N2/c1-2-3-4-6-11-8-10-15-13(11)12-7-5-9-14-12;1-2-6-10-9(5-1)13-11-7-3-4-8-12(11)14-10/h5,7-10H,2-4,6H2,1H3;1-8H. The van der Waals surface area contributed by atoms with Gasteiger partial charge in [-0.3, -0.25) is 0 Å². The summed E-state index contributed by atoms with van der Waals surface area (Å²) in [4.78, 5) is 11.9. The number of aromatic nitrogens is 2. The van der Waals surface area contributed by atoms with Crippen LogP contribution in [0.25, 0.3) is 31.8 Å². The van der Waals surface area contributed by atoms with Gasteiger partial charge < -0.3 is 0 Å². The predicted octanol–water partition coefficient (Wildman–Crippen LogP) is 7.99. The number of hydrogen-bond donors (Lipinski definition) is 0. The molecular formula is C25H24N2S2. The van der Waals surface area contributed by atoms with Crippen LogP contribution < -0.4 is 0 Å². The molecule has 3 aromatic heterocycles. The molecule has 4 heteroatoms. The minimum atomic E-state index is 0.950. The molecule has 0 N–H and O–H groups in total. The van der Waals surface area contributed by atoms with Gasteiger partial charge in [-0.1, -0.05) is 50.1 Å². The molecule has 0 atom stereocenters. The maximum Gasteiger partial charge on any atom is 0.0894 e. The summed E-state index contributed by atoms with van der Waals surface area (Å²) in [6.45, 7) is 2.26. The van der Waals surface area contributed by atoms with Gasteiger partial charge in [0.1, 0.15) is 0 Å². The Kier molecular flexibility index (Phi) is 6.65. The Balaban J connectivity index is 0.000000141. The average Bonchev–Trinajstić information content (AvgIpc) is 3.44. The molecule has 0 aliphatic carbocycles. The van der Waals surface area contributed by atoms with Crippen molar-refractivity contribution in [2.75, 3.05) is 0 Å². The number of fused-ring (bicyclic) bond motifs is 2. The fraction of sp³-hybridized carbons (Fsp3) is 0.200. The molecule has 0 aliphatic heterocycles. The van der Waals surface area contributed by atoms with E-state index in [0.717, 1.165) is 22.1 Å². The van der Waals surface area contributed by atoms with Crippen LogP contribution in [0.2, 0.25) is 0 Å². The van der Waals surface area contributed by atoms with Crippen LogP contribution in [0, 0.1) is 0 Å². The van der Waals surface area contributed by atoms with Crippen LogP contribution in [0.4, 0.5) is 0 Å². The Bertz CT molecular complexity index is 1070. The van der Waals surface area contributed by atoms with Crippen molar-refractivity contribution in [1.82, 2.24) is 9.97 Å². The Morgan fingerprint density at radius 3 is 1.79 bits per heavy atom. The summed E-state index contributed by atoms with van der Waals surface area (Å²) in [5, 5.41) is 4.38. The first-order valence-electron chi connectivity index (χ1n) is 10.1. The van der Waals surface area contributed by atoms with Gasteiger partial charge in [-0.15, -0.1) is 22.7 Å². The van der Waals surface area contributed by atoms with Crippen molar-refractivity contribution < 1.29 is 0 Å². The fourth-order valence-electron chi connectivity index (χ4n) is 3.29. The van der Waals surface area contributed by atoms with E-state index in [1.807, 2.05) is 71.2 Å². The number of aryl methyl sites for hydroxylation is 1. The summed E-state index contributed by atoms with van der Waals surface area (Å²) in [6, 6.07) is 22.5. The minimum Gasteiger partial charge on any atom is -0.245 e. The lowest BCUT2D eigenvalue weighted by atomic mass is 10.1. The van der Waals surface area contributed by atoms with Gasteiger partial charge in [0.25, 0.3) is 0 Å². The van der Waals surface area contributed by atoms with E-state index in [1.165, 1.54) is 41.0 Å². The van der Waals surface area contributed by atoms with Crippen LogP contribution in [-0.2, 0) is 6.42 Å². The third kappa shape index (κ3) is 4.89. The lowest BCUT2D eigenvalue weighted by molar-refractivity contribution is 0.719. The monoisotopic (exact) mass is 416 g/mol. The molecule has 2 nitrogen and oxygen atoms in total. The smallest absolute Gasteiger partial charge is 0.0894 e. The van der Waals surface area contributed by atoms with Crippen molar-refractivity contribution in [3.05, 3.63) is 83.1 Å². The summed E-state index contributed by atoms with van der Waals surface area (Å²) in [6.07, 6.45) is 5.22. The van der Waals surface area contributed by atoms with Gasteiger partial charge in [-0.2, -0.15) is 0 Å². The van der Waals surface area contributed by atoms with Gasteiger partial charge in [-0.25, -0.2) is 9.97 Å². The second-order valence-corrected chi connectivity index (χ2v) is 8.77. The molecule has 0 saturated heterocycles. The molecule has 0 bridgehead atoms. The number of rotatable bonds is 5. The number of nitrogens with zero attached hydrogens (tertiary/aromatic N) is 2. The molecular weight excluding hydrogens is 392 g/mol. The highest BCUT2D eigenvalue weighted by Crippen LogP contribution is 2.33. The van der Waals surface area contributed by atoms with Gasteiger partial charge >= 0.3 is 0 Å². The van der Waals surface area contributed by atoms with Crippen molar-refractivity contribution >= 4 is 44.7 Å². The lowest BCUT2D eigenvalue weighted by Gasteiger charge is -2.00. The fourth-order valence-corrected chi connectivity index (χ4v) is 5.15. The van der Waals surface area contributed by atoms with Crippen LogP contribution in [-0.4, -0.2) is 9.97 Å². The number of hydrogen-bond acceptors (Lipinski definition) is 4. The quantitative estimate of drug-likeness (QED) is 0.214. The minimum absolute atomic E-state index is 0.950. The topological polar surface area (TPSA) is 25.8 Å². The first kappa shape index (κ1) is 19.7. The van der Waals surface area contributed by atoms with Crippen molar-refractivity contribution in [3.8, 4) is 9.75 Å². The van der Waals surface area contributed by atoms with Crippen LogP contribution in [0.15, 0.2) is 77.5 Å². The lowest BCUT2D eigenvalue weighted by Crippen LogP contribution is -1.85. The zero-order chi connectivity index (χ0) is 19.9. The largest absolute Gasteiger partial charge is 0.245 e. The first-order chi connectivity index (χ1) is 14.3. The van der Waals surface area contributed by atoms with E-state index in [-0.39, 0.29) is 0 Å². The van der Waals surface area contributed by atoms with E-state index in [0.29, 0.717) is 0 Å². The maximum absolute atomic E-state index is 4.52. The summed E-state index contributed by atoms with van der Waals surface area (Å²) >= 11 is 3.72. The van der Waals surface area contributed by atoms with Crippen molar-refractivity contribution in [2.45, 2.75) is 32.6 Å². The van der Waals surface area contributed by atoms with Crippen LogP contribution in [0.5, 0.6) is 0 Å². The predicted molar refractivity (Wildman–Crippen MR) is 128 cm³/mol. The van der Waals surface area contributed by atoms with Crippen LogP contribution in [0.1, 0.15) is 31.7 Å². The Morgan fingerprint density at radius 1 is 0.655 bits per heavy atom. The zero-order valence-electron chi connectivity index (χ0n) is 16.5. The third-order valence-electron chi connectivity index (χ3n) is 4.79. The van der Waals surface area contributed by atoms with Crippen molar-refractivity contribution in [2.24, 2.45) is 0 Å². The zero-order valence-corrected chi connectivity index (χ0v) is 18.2. The second-order valence-electron chi connectivity index (χ2n) is 6.91. The summed E-state index contributed by atoms with van der Waals surface area (Å²) < 4.78 is 0. The Labute approximate surface area is 179 Å². The van der Waals surface area contributed by atoms with Gasteiger partial charge in [0.05, 0.1) is 22.1 Å². The normalized spacial score (nSPS) is 10.8. The van der Waals surface area contributed by atoms with Crippen molar-refractivity contribution in [3.63, 3.8) is 0 Å². The van der Waals surface area contributed by atoms with E-state index < -0.39 is 0 Å². The number of benzene rings is 2. The highest BCUT2D eigenvalue weighted by Gasteiger charge is 2.07. The van der Waals surface area contributed by atoms with Gasteiger partial charge in [0.2, 0.25) is 0 Å². The molecule has 0 fully saturated rings. The molecule has 0 unspecified atom stereocenters. The molecule has 5 aromatic rings.